The van der Waals surface area contributed by atoms with Crippen molar-refractivity contribution in [2.45, 2.75) is 31.6 Å². The maximum atomic E-state index is 12.0. The second-order valence-electron chi connectivity index (χ2n) is 4.94. The molecule has 1 saturated heterocycles. The highest BCUT2D eigenvalue weighted by Crippen LogP contribution is 2.47. The van der Waals surface area contributed by atoms with Gasteiger partial charge in [-0.1, -0.05) is 6.92 Å². The van der Waals surface area contributed by atoms with Gasteiger partial charge in [-0.05, 0) is 18.6 Å². The molecule has 1 aromatic heterocycles. The molecule has 3 rings (SSSR count). The number of carboxylic acid groups (broad SMARTS) is 1. The highest BCUT2D eigenvalue weighted by atomic mass is 32.2. The van der Waals surface area contributed by atoms with Gasteiger partial charge in [0.1, 0.15) is 11.5 Å². The number of carbonyl (C=O) groups excluding carboxylic acids is 1. The number of carbonyl (C=O) groups is 2. The maximum absolute atomic E-state index is 12.0. The van der Waals surface area contributed by atoms with Gasteiger partial charge in [-0.2, -0.15) is 0 Å². The fraction of sp³-hybridized carbons (Fsp3) is 0.429. The molecular weight excluding hydrogens is 278 g/mol. The minimum Gasteiger partial charge on any atom is -0.477 e. The summed E-state index contributed by atoms with van der Waals surface area (Å²) in [5.74, 6) is 0.303. The molecule has 2 atom stereocenters. The van der Waals surface area contributed by atoms with Crippen LogP contribution in [-0.2, 0) is 15.3 Å². The zero-order chi connectivity index (χ0) is 14.3. The van der Waals surface area contributed by atoms with E-state index in [1.807, 2.05) is 13.0 Å². The van der Waals surface area contributed by atoms with E-state index in [0.29, 0.717) is 12.2 Å². The Kier molecular flexibility index (Phi) is 3.33. The zero-order valence-corrected chi connectivity index (χ0v) is 11.9. The van der Waals surface area contributed by atoms with E-state index in [2.05, 4.69) is 0 Å². The number of aliphatic carboxylic acids is 1. The summed E-state index contributed by atoms with van der Waals surface area (Å²) in [6.07, 6.45) is 3.02. The molecule has 0 spiro atoms. The van der Waals surface area contributed by atoms with E-state index >= 15 is 0 Å². The lowest BCUT2D eigenvalue weighted by molar-refractivity contribution is -0.155. The van der Waals surface area contributed by atoms with Crippen molar-refractivity contribution in [2.75, 3.05) is 0 Å². The molecule has 1 amide bonds. The quantitative estimate of drug-likeness (QED) is 0.844. The Morgan fingerprint density at radius 1 is 1.60 bits per heavy atom. The van der Waals surface area contributed by atoms with Crippen LogP contribution in [0, 0.1) is 5.92 Å². The summed E-state index contributed by atoms with van der Waals surface area (Å²) in [4.78, 5) is 25.6. The molecule has 1 N–H and O–H groups in total. The topological polar surface area (TPSA) is 70.8 Å². The molecule has 2 aliphatic rings. The number of rotatable bonds is 5. The normalized spacial score (nSPS) is 24.9. The van der Waals surface area contributed by atoms with E-state index in [-0.39, 0.29) is 23.6 Å². The van der Waals surface area contributed by atoms with Gasteiger partial charge in [-0.15, -0.1) is 11.8 Å². The average Bonchev–Trinajstić information content (AvgIpc) is 3.02. The number of hydrogen-bond acceptors (Lipinski definition) is 4. The third-order valence-electron chi connectivity index (χ3n) is 3.86. The minimum absolute atomic E-state index is 0.0222. The Bertz CT molecular complexity index is 578. The number of hydrogen-bond donors (Lipinski definition) is 1. The lowest BCUT2D eigenvalue weighted by Gasteiger charge is -2.42. The van der Waals surface area contributed by atoms with Crippen molar-refractivity contribution in [3.63, 3.8) is 0 Å². The predicted octanol–water partition coefficient (Wildman–Crippen LogP) is 2.45. The van der Waals surface area contributed by atoms with Crippen LogP contribution in [0.3, 0.4) is 0 Å². The monoisotopic (exact) mass is 293 g/mol. The van der Waals surface area contributed by atoms with Crippen LogP contribution in [0.1, 0.15) is 25.5 Å². The molecule has 0 aromatic carbocycles. The first-order chi connectivity index (χ1) is 9.63. The van der Waals surface area contributed by atoms with Crippen LogP contribution >= 0.6 is 11.8 Å². The number of β-lactam (4-membered cyclic amide) rings is 1. The summed E-state index contributed by atoms with van der Waals surface area (Å²) in [5.41, 5.74) is 0.168. The summed E-state index contributed by atoms with van der Waals surface area (Å²) in [5, 5.41) is 9.35. The largest absolute Gasteiger partial charge is 0.477 e. The lowest BCUT2D eigenvalue weighted by Crippen LogP contribution is -2.58. The van der Waals surface area contributed by atoms with E-state index in [9.17, 15) is 14.7 Å². The van der Waals surface area contributed by atoms with Gasteiger partial charge in [0, 0.05) is 11.3 Å². The summed E-state index contributed by atoms with van der Waals surface area (Å²) < 4.78 is 5.25. The molecule has 0 aliphatic carbocycles. The number of nitrogens with zero attached hydrogens (tertiary/aromatic N) is 1. The van der Waals surface area contributed by atoms with E-state index in [1.54, 1.807) is 12.3 Å². The molecule has 106 valence electrons. The molecule has 0 saturated carbocycles. The van der Waals surface area contributed by atoms with Crippen molar-refractivity contribution in [1.82, 2.24) is 4.90 Å². The van der Waals surface area contributed by atoms with E-state index in [1.165, 1.54) is 16.7 Å². The van der Waals surface area contributed by atoms with Crippen LogP contribution in [0.2, 0.25) is 0 Å². The Morgan fingerprint density at radius 3 is 3.00 bits per heavy atom. The molecule has 20 heavy (non-hydrogen) atoms. The van der Waals surface area contributed by atoms with Crippen molar-refractivity contribution in [3.05, 3.63) is 34.8 Å². The van der Waals surface area contributed by atoms with E-state index in [0.717, 1.165) is 17.1 Å². The van der Waals surface area contributed by atoms with Crippen LogP contribution in [0.25, 0.3) is 0 Å². The zero-order valence-electron chi connectivity index (χ0n) is 11.0. The standard InChI is InChI=1S/C14H15NO4S/c1-2-9-10-6-11(20-7-8-4-3-5-19-8)12(14(17)18)15(10)13(9)16/h3-5,9-10H,2,6-7H2,1H3,(H,17,18)/t9-,10-/m1/s1. The molecule has 2 aliphatic heterocycles. The Labute approximate surface area is 120 Å². The molecule has 0 unspecified atom stereocenters. The van der Waals surface area contributed by atoms with Gasteiger partial charge >= 0.3 is 5.97 Å². The SMILES string of the molecule is CC[C@H]1C(=O)N2C(C(=O)O)=C(SCc3ccco3)C[C@H]12. The van der Waals surface area contributed by atoms with Gasteiger partial charge in [-0.25, -0.2) is 4.79 Å². The van der Waals surface area contributed by atoms with Crippen LogP contribution in [-0.4, -0.2) is 27.9 Å². The third kappa shape index (κ3) is 1.95. The maximum Gasteiger partial charge on any atom is 0.353 e. The summed E-state index contributed by atoms with van der Waals surface area (Å²) in [7, 11) is 0. The molecule has 5 nitrogen and oxygen atoms in total. The Hall–Kier alpha value is -1.69. The first-order valence-electron chi connectivity index (χ1n) is 6.58. The fourth-order valence-corrected chi connectivity index (χ4v) is 3.98. The van der Waals surface area contributed by atoms with Crippen molar-refractivity contribution >= 4 is 23.6 Å². The van der Waals surface area contributed by atoms with Crippen molar-refractivity contribution < 1.29 is 19.1 Å². The second kappa shape index (κ2) is 5.01. The van der Waals surface area contributed by atoms with E-state index in [4.69, 9.17) is 4.42 Å². The molecule has 1 aromatic rings. The Morgan fingerprint density at radius 2 is 2.40 bits per heavy atom. The molecule has 0 radical (unpaired) electrons. The molecule has 0 bridgehead atoms. The Balaban J connectivity index is 1.78. The number of amides is 1. The fourth-order valence-electron chi connectivity index (χ4n) is 2.88. The van der Waals surface area contributed by atoms with Gasteiger partial charge in [0.05, 0.1) is 24.0 Å². The molecule has 1 fully saturated rings. The van der Waals surface area contributed by atoms with Crippen LogP contribution in [0.5, 0.6) is 0 Å². The van der Waals surface area contributed by atoms with Crippen LogP contribution in [0.15, 0.2) is 33.4 Å². The first kappa shape index (κ1) is 13.3. The van der Waals surface area contributed by atoms with Gasteiger partial charge in [0.2, 0.25) is 5.91 Å². The van der Waals surface area contributed by atoms with Crippen LogP contribution in [0.4, 0.5) is 0 Å². The number of thioether (sulfide) groups is 1. The lowest BCUT2D eigenvalue weighted by atomic mass is 9.85. The smallest absolute Gasteiger partial charge is 0.353 e. The number of fused-ring (bicyclic) bond motifs is 1. The van der Waals surface area contributed by atoms with Gasteiger partial charge in [0.15, 0.2) is 0 Å². The molecular formula is C14H15NO4S. The summed E-state index contributed by atoms with van der Waals surface area (Å²) in [6.45, 7) is 1.97. The predicted molar refractivity (Wildman–Crippen MR) is 73.7 cm³/mol. The van der Waals surface area contributed by atoms with Crippen molar-refractivity contribution in [2.24, 2.45) is 5.92 Å². The average molecular weight is 293 g/mol. The van der Waals surface area contributed by atoms with Crippen molar-refractivity contribution in [3.8, 4) is 0 Å². The van der Waals surface area contributed by atoms with Gasteiger partial charge < -0.3 is 14.4 Å². The van der Waals surface area contributed by atoms with Crippen molar-refractivity contribution in [1.29, 1.82) is 0 Å². The summed E-state index contributed by atoms with van der Waals surface area (Å²) >= 11 is 1.45. The summed E-state index contributed by atoms with van der Waals surface area (Å²) in [6, 6.07) is 3.70. The van der Waals surface area contributed by atoms with E-state index < -0.39 is 5.97 Å². The minimum atomic E-state index is -1.02. The highest BCUT2D eigenvalue weighted by Gasteiger charge is 2.54. The first-order valence-corrected chi connectivity index (χ1v) is 7.56. The molecule has 6 heteroatoms. The van der Waals surface area contributed by atoms with Gasteiger partial charge in [-0.3, -0.25) is 4.79 Å². The second-order valence-corrected chi connectivity index (χ2v) is 6.01. The number of carboxylic acids is 1. The highest BCUT2D eigenvalue weighted by molar-refractivity contribution is 8.02. The third-order valence-corrected chi connectivity index (χ3v) is 5.00. The van der Waals surface area contributed by atoms with Gasteiger partial charge in [0.25, 0.3) is 0 Å². The molecule has 3 heterocycles. The number of furan rings is 1. The van der Waals surface area contributed by atoms with Crippen LogP contribution < -0.4 is 0 Å².